The molecule has 0 fully saturated rings. The molecular weight excluding hydrogens is 160 g/mol. The van der Waals surface area contributed by atoms with Gasteiger partial charge in [0.25, 0.3) is 0 Å². The Hall–Kier alpha value is -1.18. The fourth-order valence-electron chi connectivity index (χ4n) is 1.69. The summed E-state index contributed by atoms with van der Waals surface area (Å²) in [6.45, 7) is 4.35. The van der Waals surface area contributed by atoms with Gasteiger partial charge in [-0.2, -0.15) is 0 Å². The maximum absolute atomic E-state index is 5.91. The number of hydrogen-bond donors (Lipinski definition) is 2. The highest BCUT2D eigenvalue weighted by molar-refractivity contribution is 5.67. The Morgan fingerprint density at radius 1 is 1.15 bits per heavy atom. The lowest BCUT2D eigenvalue weighted by Gasteiger charge is -2.16. The Morgan fingerprint density at radius 3 is 2.31 bits per heavy atom. The molecule has 0 spiro atoms. The maximum Gasteiger partial charge on any atom is 0.0583 e. The molecule has 13 heavy (non-hydrogen) atoms. The third-order valence-corrected chi connectivity index (χ3v) is 2.60. The van der Waals surface area contributed by atoms with Crippen molar-refractivity contribution in [2.75, 3.05) is 11.5 Å². The van der Waals surface area contributed by atoms with Crippen LogP contribution in [0.1, 0.15) is 38.2 Å². The molecule has 0 saturated heterocycles. The summed E-state index contributed by atoms with van der Waals surface area (Å²) >= 11 is 0. The van der Waals surface area contributed by atoms with Crippen LogP contribution in [0.3, 0.4) is 0 Å². The molecule has 0 unspecified atom stereocenters. The van der Waals surface area contributed by atoms with Crippen LogP contribution in [0.4, 0.5) is 11.4 Å². The van der Waals surface area contributed by atoms with Crippen molar-refractivity contribution in [3.8, 4) is 0 Å². The average molecular weight is 178 g/mol. The number of anilines is 2. The quantitative estimate of drug-likeness (QED) is 0.699. The Kier molecular flexibility index (Phi) is 3.18. The average Bonchev–Trinajstić information content (AvgIpc) is 2.14. The van der Waals surface area contributed by atoms with Gasteiger partial charge in [-0.1, -0.05) is 26.0 Å². The van der Waals surface area contributed by atoms with Gasteiger partial charge in [0.1, 0.15) is 0 Å². The van der Waals surface area contributed by atoms with Gasteiger partial charge in [-0.3, -0.25) is 0 Å². The molecule has 0 bridgehead atoms. The first-order valence-corrected chi connectivity index (χ1v) is 4.84. The van der Waals surface area contributed by atoms with Gasteiger partial charge in [0.15, 0.2) is 0 Å². The van der Waals surface area contributed by atoms with E-state index in [1.807, 2.05) is 12.1 Å². The Bertz CT molecular complexity index is 277. The van der Waals surface area contributed by atoms with Crippen LogP contribution in [-0.2, 0) is 0 Å². The van der Waals surface area contributed by atoms with Crippen molar-refractivity contribution >= 4 is 11.4 Å². The molecule has 0 atom stereocenters. The summed E-state index contributed by atoms with van der Waals surface area (Å²) < 4.78 is 0. The zero-order chi connectivity index (χ0) is 9.84. The van der Waals surface area contributed by atoms with Crippen molar-refractivity contribution in [3.05, 3.63) is 23.8 Å². The van der Waals surface area contributed by atoms with E-state index < -0.39 is 0 Å². The molecule has 0 aliphatic heterocycles. The highest BCUT2D eigenvalue weighted by atomic mass is 14.7. The third kappa shape index (κ3) is 1.94. The lowest BCUT2D eigenvalue weighted by atomic mass is 9.92. The van der Waals surface area contributed by atoms with Crippen LogP contribution >= 0.6 is 0 Å². The number of nitrogens with two attached hydrogens (primary N) is 2. The van der Waals surface area contributed by atoms with E-state index in [0.29, 0.717) is 11.6 Å². The first-order valence-electron chi connectivity index (χ1n) is 4.84. The van der Waals surface area contributed by atoms with Gasteiger partial charge in [-0.25, -0.2) is 0 Å². The molecule has 0 aliphatic carbocycles. The van der Waals surface area contributed by atoms with Crippen molar-refractivity contribution in [1.82, 2.24) is 0 Å². The number of para-hydroxylation sites is 1. The smallest absolute Gasteiger partial charge is 0.0583 e. The summed E-state index contributed by atoms with van der Waals surface area (Å²) in [6, 6.07) is 5.89. The van der Waals surface area contributed by atoms with Gasteiger partial charge in [0, 0.05) is 0 Å². The summed E-state index contributed by atoms with van der Waals surface area (Å²) in [5.74, 6) is 0.545. The second kappa shape index (κ2) is 4.17. The SMILES string of the molecule is CCC(CC)c1cccc(N)c1N. The standard InChI is InChI=1S/C11H18N2/c1-3-8(4-2)9-6-5-7-10(12)11(9)13/h5-8H,3-4,12-13H2,1-2H3. The zero-order valence-corrected chi connectivity index (χ0v) is 8.38. The van der Waals surface area contributed by atoms with Gasteiger partial charge >= 0.3 is 0 Å². The van der Waals surface area contributed by atoms with Crippen LogP contribution in [-0.4, -0.2) is 0 Å². The number of benzene rings is 1. The number of nitrogen functional groups attached to an aromatic ring is 2. The fourth-order valence-corrected chi connectivity index (χ4v) is 1.69. The molecule has 4 N–H and O–H groups in total. The third-order valence-electron chi connectivity index (χ3n) is 2.60. The Labute approximate surface area is 79.9 Å². The molecule has 72 valence electrons. The van der Waals surface area contributed by atoms with Crippen LogP contribution in [0.2, 0.25) is 0 Å². The van der Waals surface area contributed by atoms with E-state index in [1.54, 1.807) is 0 Å². The van der Waals surface area contributed by atoms with Gasteiger partial charge in [-0.05, 0) is 30.4 Å². The number of rotatable bonds is 3. The van der Waals surface area contributed by atoms with Crippen molar-refractivity contribution in [3.63, 3.8) is 0 Å². The van der Waals surface area contributed by atoms with Crippen molar-refractivity contribution in [2.45, 2.75) is 32.6 Å². The van der Waals surface area contributed by atoms with Crippen molar-refractivity contribution in [1.29, 1.82) is 0 Å². The minimum Gasteiger partial charge on any atom is -0.397 e. The van der Waals surface area contributed by atoms with E-state index in [-0.39, 0.29) is 0 Å². The van der Waals surface area contributed by atoms with E-state index in [0.717, 1.165) is 18.5 Å². The normalized spacial score (nSPS) is 10.7. The molecule has 0 heterocycles. The second-order valence-electron chi connectivity index (χ2n) is 3.36. The predicted octanol–water partition coefficient (Wildman–Crippen LogP) is 2.75. The molecule has 0 amide bonds. The Morgan fingerprint density at radius 2 is 1.77 bits per heavy atom. The molecule has 2 nitrogen and oxygen atoms in total. The molecule has 0 saturated carbocycles. The molecule has 0 aliphatic rings. The molecule has 1 rings (SSSR count). The summed E-state index contributed by atoms with van der Waals surface area (Å²) in [4.78, 5) is 0. The first kappa shape index (κ1) is 9.90. The molecular formula is C11H18N2. The second-order valence-corrected chi connectivity index (χ2v) is 3.36. The molecule has 0 radical (unpaired) electrons. The molecule has 2 heteroatoms. The topological polar surface area (TPSA) is 52.0 Å². The fraction of sp³-hybridized carbons (Fsp3) is 0.455. The highest BCUT2D eigenvalue weighted by Crippen LogP contribution is 2.30. The zero-order valence-electron chi connectivity index (χ0n) is 8.38. The minimum absolute atomic E-state index is 0.545. The predicted molar refractivity (Wildman–Crippen MR) is 58.6 cm³/mol. The Balaban J connectivity index is 3.05. The van der Waals surface area contributed by atoms with E-state index in [9.17, 15) is 0 Å². The highest BCUT2D eigenvalue weighted by Gasteiger charge is 2.10. The number of hydrogen-bond acceptors (Lipinski definition) is 2. The van der Waals surface area contributed by atoms with Crippen LogP contribution in [0, 0.1) is 0 Å². The monoisotopic (exact) mass is 178 g/mol. The van der Waals surface area contributed by atoms with Crippen LogP contribution in [0.25, 0.3) is 0 Å². The lowest BCUT2D eigenvalue weighted by molar-refractivity contribution is 0.644. The summed E-state index contributed by atoms with van der Waals surface area (Å²) in [5.41, 5.74) is 14.3. The summed E-state index contributed by atoms with van der Waals surface area (Å²) in [5, 5.41) is 0. The molecule has 0 aromatic heterocycles. The first-order chi connectivity index (χ1) is 6.20. The van der Waals surface area contributed by atoms with Gasteiger partial charge in [0.05, 0.1) is 11.4 Å². The van der Waals surface area contributed by atoms with Crippen LogP contribution in [0.5, 0.6) is 0 Å². The van der Waals surface area contributed by atoms with Gasteiger partial charge in [-0.15, -0.1) is 0 Å². The minimum atomic E-state index is 0.545. The van der Waals surface area contributed by atoms with Gasteiger partial charge < -0.3 is 11.5 Å². The lowest BCUT2D eigenvalue weighted by Crippen LogP contribution is -2.03. The van der Waals surface area contributed by atoms with Crippen molar-refractivity contribution < 1.29 is 0 Å². The molecule has 1 aromatic rings. The van der Waals surface area contributed by atoms with Crippen LogP contribution in [0.15, 0.2) is 18.2 Å². The van der Waals surface area contributed by atoms with Gasteiger partial charge in [0.2, 0.25) is 0 Å². The summed E-state index contributed by atoms with van der Waals surface area (Å²) in [7, 11) is 0. The maximum atomic E-state index is 5.91. The largest absolute Gasteiger partial charge is 0.397 e. The molecule has 1 aromatic carbocycles. The van der Waals surface area contributed by atoms with E-state index in [1.165, 1.54) is 5.56 Å². The van der Waals surface area contributed by atoms with Crippen LogP contribution < -0.4 is 11.5 Å². The van der Waals surface area contributed by atoms with E-state index >= 15 is 0 Å². The van der Waals surface area contributed by atoms with Crippen molar-refractivity contribution in [2.24, 2.45) is 0 Å². The van der Waals surface area contributed by atoms with E-state index in [4.69, 9.17) is 11.5 Å². The summed E-state index contributed by atoms with van der Waals surface area (Å²) in [6.07, 6.45) is 2.23. The van der Waals surface area contributed by atoms with E-state index in [2.05, 4.69) is 19.9 Å².